The van der Waals surface area contributed by atoms with Crippen LogP contribution in [0.5, 0.6) is 0 Å². The fourth-order valence-corrected chi connectivity index (χ4v) is 5.29. The SMILES string of the molecule is Cc1ccc(Cl)cc1NC(=O)C(C)Sc1ccc(S(=O)(=O)N2CCN(C)CC2)cn1. The van der Waals surface area contributed by atoms with Crippen molar-refractivity contribution in [1.29, 1.82) is 0 Å². The third-order valence-corrected chi connectivity index (χ3v) is 8.10. The van der Waals surface area contributed by atoms with Crippen molar-refractivity contribution in [3.05, 3.63) is 47.1 Å². The van der Waals surface area contributed by atoms with Crippen LogP contribution in [0.15, 0.2) is 46.5 Å². The van der Waals surface area contributed by atoms with Gasteiger partial charge in [0.15, 0.2) is 0 Å². The zero-order valence-electron chi connectivity index (χ0n) is 17.1. The third-order valence-electron chi connectivity index (χ3n) is 4.93. The Labute approximate surface area is 186 Å². The molecule has 3 rings (SSSR count). The predicted molar refractivity (Wildman–Crippen MR) is 121 cm³/mol. The molecule has 0 saturated carbocycles. The number of amides is 1. The van der Waals surface area contributed by atoms with Gasteiger partial charge in [0.2, 0.25) is 15.9 Å². The summed E-state index contributed by atoms with van der Waals surface area (Å²) >= 11 is 7.27. The molecule has 0 aliphatic carbocycles. The van der Waals surface area contributed by atoms with Gasteiger partial charge in [-0.15, -0.1) is 0 Å². The van der Waals surface area contributed by atoms with Crippen molar-refractivity contribution in [1.82, 2.24) is 14.2 Å². The minimum absolute atomic E-state index is 0.169. The van der Waals surface area contributed by atoms with Gasteiger partial charge in [0.25, 0.3) is 0 Å². The summed E-state index contributed by atoms with van der Waals surface area (Å²) in [5.74, 6) is -0.179. The van der Waals surface area contributed by atoms with E-state index in [9.17, 15) is 13.2 Å². The topological polar surface area (TPSA) is 82.6 Å². The molecule has 162 valence electrons. The highest BCUT2D eigenvalue weighted by Crippen LogP contribution is 2.26. The molecule has 1 fully saturated rings. The first-order valence-corrected chi connectivity index (χ1v) is 12.2. The van der Waals surface area contributed by atoms with E-state index in [1.54, 1.807) is 31.2 Å². The zero-order valence-corrected chi connectivity index (χ0v) is 19.5. The van der Waals surface area contributed by atoms with E-state index < -0.39 is 15.3 Å². The number of sulfonamides is 1. The number of benzene rings is 1. The predicted octanol–water partition coefficient (Wildman–Crippen LogP) is 3.10. The van der Waals surface area contributed by atoms with Gasteiger partial charge >= 0.3 is 0 Å². The molecule has 1 N–H and O–H groups in total. The monoisotopic (exact) mass is 468 g/mol. The van der Waals surface area contributed by atoms with Gasteiger partial charge in [0.1, 0.15) is 4.90 Å². The Bertz CT molecular complexity index is 1010. The molecule has 1 aromatic heterocycles. The van der Waals surface area contributed by atoms with Crippen LogP contribution >= 0.6 is 23.4 Å². The van der Waals surface area contributed by atoms with Crippen LogP contribution in [0.3, 0.4) is 0 Å². The summed E-state index contributed by atoms with van der Waals surface area (Å²) in [4.78, 5) is 19.1. The number of piperazine rings is 1. The quantitative estimate of drug-likeness (QED) is 0.656. The van der Waals surface area contributed by atoms with E-state index >= 15 is 0 Å². The normalized spacial score (nSPS) is 16.9. The summed E-state index contributed by atoms with van der Waals surface area (Å²) in [5, 5.41) is 3.59. The highest BCUT2D eigenvalue weighted by atomic mass is 35.5. The van der Waals surface area contributed by atoms with Crippen LogP contribution in [0, 0.1) is 6.92 Å². The van der Waals surface area contributed by atoms with E-state index in [4.69, 9.17) is 11.6 Å². The summed E-state index contributed by atoms with van der Waals surface area (Å²) in [5.41, 5.74) is 1.59. The molecular weight excluding hydrogens is 444 g/mol. The average Bonchev–Trinajstić information content (AvgIpc) is 2.71. The van der Waals surface area contributed by atoms with Gasteiger partial charge in [-0.3, -0.25) is 4.79 Å². The number of nitrogens with one attached hydrogen (secondary N) is 1. The average molecular weight is 469 g/mol. The smallest absolute Gasteiger partial charge is 0.244 e. The number of pyridine rings is 1. The van der Waals surface area contributed by atoms with Gasteiger partial charge < -0.3 is 10.2 Å². The van der Waals surface area contributed by atoms with Gasteiger partial charge in [-0.25, -0.2) is 13.4 Å². The molecule has 1 aliphatic heterocycles. The Kier molecular flexibility index (Phi) is 7.41. The molecule has 1 aromatic carbocycles. The summed E-state index contributed by atoms with van der Waals surface area (Å²) in [6, 6.07) is 8.52. The lowest BCUT2D eigenvalue weighted by molar-refractivity contribution is -0.115. The Morgan fingerprint density at radius 3 is 2.53 bits per heavy atom. The van der Waals surface area contributed by atoms with Crippen molar-refractivity contribution in [3.8, 4) is 0 Å². The molecule has 0 radical (unpaired) electrons. The number of carbonyl (C=O) groups is 1. The maximum atomic E-state index is 12.8. The molecule has 0 bridgehead atoms. The molecule has 1 atom stereocenters. The van der Waals surface area contributed by atoms with Crippen LogP contribution in [-0.2, 0) is 14.8 Å². The highest BCUT2D eigenvalue weighted by molar-refractivity contribution is 8.00. The molecule has 2 aromatic rings. The van der Waals surface area contributed by atoms with Crippen molar-refractivity contribution in [2.45, 2.75) is 29.0 Å². The van der Waals surface area contributed by atoms with Crippen molar-refractivity contribution in [2.75, 3.05) is 38.5 Å². The second-order valence-corrected chi connectivity index (χ2v) is 11.0. The Morgan fingerprint density at radius 1 is 1.20 bits per heavy atom. The van der Waals surface area contributed by atoms with Crippen LogP contribution in [-0.4, -0.2) is 67.0 Å². The number of aryl methyl sites for hydroxylation is 1. The van der Waals surface area contributed by atoms with E-state index in [0.29, 0.717) is 41.9 Å². The fraction of sp³-hybridized carbons (Fsp3) is 0.400. The second kappa shape index (κ2) is 9.65. The van der Waals surface area contributed by atoms with Crippen LogP contribution in [0.2, 0.25) is 5.02 Å². The van der Waals surface area contributed by atoms with Crippen molar-refractivity contribution in [3.63, 3.8) is 0 Å². The number of aromatic nitrogens is 1. The molecule has 1 aliphatic rings. The number of hydrogen-bond donors (Lipinski definition) is 1. The fourth-order valence-electron chi connectivity index (χ4n) is 2.96. The van der Waals surface area contributed by atoms with E-state index in [-0.39, 0.29) is 10.8 Å². The van der Waals surface area contributed by atoms with E-state index in [1.165, 1.54) is 22.3 Å². The minimum atomic E-state index is -3.55. The largest absolute Gasteiger partial charge is 0.325 e. The number of rotatable bonds is 6. The van der Waals surface area contributed by atoms with E-state index in [1.807, 2.05) is 20.0 Å². The molecule has 1 saturated heterocycles. The van der Waals surface area contributed by atoms with Gasteiger partial charge in [-0.05, 0) is 50.7 Å². The summed E-state index contributed by atoms with van der Waals surface area (Å²) in [7, 11) is -1.58. The lowest BCUT2D eigenvalue weighted by atomic mass is 10.2. The maximum Gasteiger partial charge on any atom is 0.244 e. The summed E-state index contributed by atoms with van der Waals surface area (Å²) < 4.78 is 27.1. The third kappa shape index (κ3) is 5.53. The number of thioether (sulfide) groups is 1. The lowest BCUT2D eigenvalue weighted by Crippen LogP contribution is -2.47. The molecule has 0 spiro atoms. The van der Waals surface area contributed by atoms with Crippen LogP contribution in [0.4, 0.5) is 5.69 Å². The van der Waals surface area contributed by atoms with Crippen molar-refractivity contribution >= 4 is 45.0 Å². The highest BCUT2D eigenvalue weighted by Gasteiger charge is 2.27. The first-order chi connectivity index (χ1) is 14.2. The van der Waals surface area contributed by atoms with Gasteiger partial charge in [-0.2, -0.15) is 4.31 Å². The number of carbonyl (C=O) groups excluding carboxylic acids is 1. The lowest BCUT2D eigenvalue weighted by Gasteiger charge is -2.31. The minimum Gasteiger partial charge on any atom is -0.325 e. The molecule has 7 nitrogen and oxygen atoms in total. The van der Waals surface area contributed by atoms with Crippen molar-refractivity contribution in [2.24, 2.45) is 0 Å². The molecule has 1 amide bonds. The van der Waals surface area contributed by atoms with Crippen molar-refractivity contribution < 1.29 is 13.2 Å². The number of likely N-dealkylation sites (N-methyl/N-ethyl adjacent to an activating group) is 1. The molecule has 10 heteroatoms. The second-order valence-electron chi connectivity index (χ2n) is 7.25. The number of hydrogen-bond acceptors (Lipinski definition) is 6. The zero-order chi connectivity index (χ0) is 21.9. The number of halogens is 1. The summed E-state index contributed by atoms with van der Waals surface area (Å²) in [6.45, 7) is 6.02. The van der Waals surface area contributed by atoms with E-state index in [2.05, 4.69) is 15.2 Å². The molecular formula is C20H25ClN4O3S2. The van der Waals surface area contributed by atoms with Gasteiger partial charge in [0.05, 0.1) is 10.3 Å². The Morgan fingerprint density at radius 2 is 1.90 bits per heavy atom. The number of nitrogens with zero attached hydrogens (tertiary/aromatic N) is 3. The standard InChI is InChI=1S/C20H25ClN4O3S2/c1-14-4-5-16(21)12-18(14)23-20(26)15(2)29-19-7-6-17(13-22-19)30(27,28)25-10-8-24(3)9-11-25/h4-7,12-13,15H,8-11H2,1-3H3,(H,23,26). The maximum absolute atomic E-state index is 12.8. The Hall–Kier alpha value is -1.65. The first kappa shape index (κ1) is 23.0. The van der Waals surface area contributed by atoms with Crippen LogP contribution in [0.25, 0.3) is 0 Å². The van der Waals surface area contributed by atoms with Crippen LogP contribution < -0.4 is 5.32 Å². The first-order valence-electron chi connectivity index (χ1n) is 9.55. The molecule has 30 heavy (non-hydrogen) atoms. The van der Waals surface area contributed by atoms with Gasteiger partial charge in [0, 0.05) is 43.1 Å². The van der Waals surface area contributed by atoms with E-state index in [0.717, 1.165) is 5.56 Å². The molecule has 2 heterocycles. The Balaban J connectivity index is 1.63. The van der Waals surface area contributed by atoms with Crippen LogP contribution in [0.1, 0.15) is 12.5 Å². The number of anilines is 1. The molecule has 1 unspecified atom stereocenters. The van der Waals surface area contributed by atoms with Gasteiger partial charge in [-0.1, -0.05) is 29.4 Å². The summed E-state index contributed by atoms with van der Waals surface area (Å²) in [6.07, 6.45) is 1.36.